The van der Waals surface area contributed by atoms with Crippen molar-refractivity contribution < 1.29 is 23.8 Å². The molecule has 2 saturated heterocycles. The molecule has 0 radical (unpaired) electrons. The van der Waals surface area contributed by atoms with Crippen molar-refractivity contribution in [3.05, 3.63) is 48.0 Å². The molecule has 3 amide bonds. The first kappa shape index (κ1) is 21.4. The van der Waals surface area contributed by atoms with Gasteiger partial charge < -0.3 is 24.4 Å². The third-order valence-corrected chi connectivity index (χ3v) is 6.55. The van der Waals surface area contributed by atoms with E-state index in [2.05, 4.69) is 15.1 Å². The molecule has 1 N–H and O–H groups in total. The van der Waals surface area contributed by atoms with Gasteiger partial charge in [0, 0.05) is 31.9 Å². The maximum atomic E-state index is 13.3. The van der Waals surface area contributed by atoms with Gasteiger partial charge in [-0.05, 0) is 48.9 Å². The number of hydrogen-bond donors (Lipinski definition) is 1. The summed E-state index contributed by atoms with van der Waals surface area (Å²) in [6.07, 6.45) is 0. The standard InChI is InChI=1S/C24H28N4O5/c1-24(17-3-8-20-21(15-17)33-14-13-32-20)22(29)28(23(30)25-24)16-26-9-11-27(12-10-26)18-4-6-19(31-2)7-5-18/h3-8,15H,9-14,16H2,1-2H3,(H,25,30)/t24-/m1/s1. The summed E-state index contributed by atoms with van der Waals surface area (Å²) in [4.78, 5) is 31.8. The van der Waals surface area contributed by atoms with Crippen LogP contribution in [0.2, 0.25) is 0 Å². The van der Waals surface area contributed by atoms with Gasteiger partial charge in [-0.25, -0.2) is 9.69 Å². The van der Waals surface area contributed by atoms with Crippen LogP contribution in [0.3, 0.4) is 0 Å². The van der Waals surface area contributed by atoms with E-state index >= 15 is 0 Å². The largest absolute Gasteiger partial charge is 0.497 e. The van der Waals surface area contributed by atoms with Crippen molar-refractivity contribution >= 4 is 17.6 Å². The van der Waals surface area contributed by atoms with Crippen molar-refractivity contribution in [1.82, 2.24) is 15.1 Å². The summed E-state index contributed by atoms with van der Waals surface area (Å²) < 4.78 is 16.5. The number of urea groups is 1. The van der Waals surface area contributed by atoms with Crippen molar-refractivity contribution in [3.8, 4) is 17.2 Å². The van der Waals surface area contributed by atoms with E-state index in [1.54, 1.807) is 26.2 Å². The van der Waals surface area contributed by atoms with Crippen LogP contribution in [0.5, 0.6) is 17.2 Å². The molecule has 0 aromatic heterocycles. The smallest absolute Gasteiger partial charge is 0.326 e. The van der Waals surface area contributed by atoms with Gasteiger partial charge in [0.1, 0.15) is 24.5 Å². The molecule has 0 spiro atoms. The van der Waals surface area contributed by atoms with Crippen LogP contribution in [0.25, 0.3) is 0 Å². The van der Waals surface area contributed by atoms with Crippen LogP contribution in [0.15, 0.2) is 42.5 Å². The Morgan fingerprint density at radius 1 is 0.970 bits per heavy atom. The molecule has 0 unspecified atom stereocenters. The number of carbonyl (C=O) groups excluding carboxylic acids is 2. The highest BCUT2D eigenvalue weighted by molar-refractivity contribution is 6.07. The van der Waals surface area contributed by atoms with Crippen LogP contribution in [0.1, 0.15) is 12.5 Å². The quantitative estimate of drug-likeness (QED) is 0.695. The molecule has 174 valence electrons. The number of anilines is 1. The van der Waals surface area contributed by atoms with E-state index in [1.165, 1.54) is 4.90 Å². The van der Waals surface area contributed by atoms with Crippen LogP contribution in [0.4, 0.5) is 10.5 Å². The summed E-state index contributed by atoms with van der Waals surface area (Å²) in [6, 6.07) is 13.0. The summed E-state index contributed by atoms with van der Waals surface area (Å²) >= 11 is 0. The molecular formula is C24H28N4O5. The number of imide groups is 1. The van der Waals surface area contributed by atoms with Crippen LogP contribution in [-0.2, 0) is 10.3 Å². The van der Waals surface area contributed by atoms with Gasteiger partial charge in [0.2, 0.25) is 0 Å². The summed E-state index contributed by atoms with van der Waals surface area (Å²) in [6.45, 7) is 6.10. The van der Waals surface area contributed by atoms with Gasteiger partial charge in [-0.1, -0.05) is 6.07 Å². The van der Waals surface area contributed by atoms with Gasteiger partial charge in [0.25, 0.3) is 5.91 Å². The topological polar surface area (TPSA) is 83.6 Å². The SMILES string of the molecule is COc1ccc(N2CCN(CN3C(=O)N[C@](C)(c4ccc5c(c4)OCCO5)C3=O)CC2)cc1. The monoisotopic (exact) mass is 452 g/mol. The molecule has 3 aliphatic heterocycles. The zero-order chi connectivity index (χ0) is 23.0. The van der Waals surface area contributed by atoms with E-state index in [9.17, 15) is 9.59 Å². The first-order chi connectivity index (χ1) is 16.0. The van der Waals surface area contributed by atoms with E-state index in [1.807, 2.05) is 30.3 Å². The molecule has 3 aliphatic rings. The Labute approximate surface area is 192 Å². The van der Waals surface area contributed by atoms with Gasteiger partial charge >= 0.3 is 6.03 Å². The fraction of sp³-hybridized carbons (Fsp3) is 0.417. The maximum Gasteiger partial charge on any atom is 0.326 e. The summed E-state index contributed by atoms with van der Waals surface area (Å²) in [7, 11) is 1.66. The zero-order valence-electron chi connectivity index (χ0n) is 18.9. The van der Waals surface area contributed by atoms with Crippen LogP contribution in [0, 0.1) is 0 Å². The van der Waals surface area contributed by atoms with Gasteiger partial charge in [0.15, 0.2) is 11.5 Å². The Kier molecular flexibility index (Phi) is 5.49. The van der Waals surface area contributed by atoms with E-state index in [0.29, 0.717) is 30.3 Å². The lowest BCUT2D eigenvalue weighted by molar-refractivity contribution is -0.132. The second kappa shape index (κ2) is 8.47. The first-order valence-corrected chi connectivity index (χ1v) is 11.1. The van der Waals surface area contributed by atoms with Gasteiger partial charge in [0.05, 0.1) is 13.8 Å². The molecular weight excluding hydrogens is 424 g/mol. The average molecular weight is 453 g/mol. The van der Waals surface area contributed by atoms with E-state index < -0.39 is 5.54 Å². The third kappa shape index (κ3) is 3.93. The van der Waals surface area contributed by atoms with Gasteiger partial charge in [-0.3, -0.25) is 9.69 Å². The summed E-state index contributed by atoms with van der Waals surface area (Å²) in [5.74, 6) is 1.81. The Morgan fingerprint density at radius 2 is 1.67 bits per heavy atom. The Morgan fingerprint density at radius 3 is 2.36 bits per heavy atom. The van der Waals surface area contributed by atoms with Gasteiger partial charge in [-0.2, -0.15) is 0 Å². The lowest BCUT2D eigenvalue weighted by atomic mass is 9.91. The lowest BCUT2D eigenvalue weighted by Gasteiger charge is -2.37. The molecule has 0 aliphatic carbocycles. The highest BCUT2D eigenvalue weighted by Crippen LogP contribution is 2.37. The van der Waals surface area contributed by atoms with Crippen LogP contribution >= 0.6 is 0 Å². The molecule has 2 fully saturated rings. The van der Waals surface area contributed by atoms with E-state index in [-0.39, 0.29) is 18.6 Å². The number of nitrogens with zero attached hydrogens (tertiary/aromatic N) is 3. The molecule has 0 bridgehead atoms. The average Bonchev–Trinajstić information content (AvgIpc) is 3.08. The molecule has 9 heteroatoms. The minimum absolute atomic E-state index is 0.262. The number of amides is 3. The zero-order valence-corrected chi connectivity index (χ0v) is 18.9. The third-order valence-electron chi connectivity index (χ3n) is 6.55. The minimum Gasteiger partial charge on any atom is -0.497 e. The van der Waals surface area contributed by atoms with Crippen molar-refractivity contribution in [1.29, 1.82) is 0 Å². The normalized spacial score (nSPS) is 23.0. The minimum atomic E-state index is -1.14. The number of carbonyl (C=O) groups is 2. The fourth-order valence-corrected chi connectivity index (χ4v) is 4.52. The lowest BCUT2D eigenvalue weighted by Crippen LogP contribution is -2.51. The van der Waals surface area contributed by atoms with Gasteiger partial charge in [-0.15, -0.1) is 0 Å². The number of nitrogens with one attached hydrogen (secondary N) is 1. The second-order valence-corrected chi connectivity index (χ2v) is 8.59. The summed E-state index contributed by atoms with van der Waals surface area (Å²) in [5, 5.41) is 2.88. The predicted molar refractivity (Wildman–Crippen MR) is 122 cm³/mol. The summed E-state index contributed by atoms with van der Waals surface area (Å²) in [5.41, 5.74) is 0.672. The predicted octanol–water partition coefficient (Wildman–Crippen LogP) is 2.01. The number of piperazine rings is 1. The Balaban J connectivity index is 1.23. The highest BCUT2D eigenvalue weighted by atomic mass is 16.6. The molecule has 1 atom stereocenters. The van der Waals surface area contributed by atoms with Crippen molar-refractivity contribution in [3.63, 3.8) is 0 Å². The van der Waals surface area contributed by atoms with Crippen molar-refractivity contribution in [2.24, 2.45) is 0 Å². The molecule has 5 rings (SSSR count). The molecule has 2 aromatic carbocycles. The van der Waals surface area contributed by atoms with E-state index in [4.69, 9.17) is 14.2 Å². The number of hydrogen-bond acceptors (Lipinski definition) is 7. The van der Waals surface area contributed by atoms with Crippen molar-refractivity contribution in [2.75, 3.05) is 58.1 Å². The van der Waals surface area contributed by atoms with Crippen molar-refractivity contribution in [2.45, 2.75) is 12.5 Å². The Hall–Kier alpha value is -3.46. The molecule has 33 heavy (non-hydrogen) atoms. The van der Waals surface area contributed by atoms with E-state index in [0.717, 1.165) is 37.6 Å². The number of fused-ring (bicyclic) bond motifs is 1. The fourth-order valence-electron chi connectivity index (χ4n) is 4.52. The number of ether oxygens (including phenoxy) is 3. The first-order valence-electron chi connectivity index (χ1n) is 11.1. The number of methoxy groups -OCH3 is 1. The molecule has 9 nitrogen and oxygen atoms in total. The molecule has 2 aromatic rings. The number of benzene rings is 2. The second-order valence-electron chi connectivity index (χ2n) is 8.59. The molecule has 0 saturated carbocycles. The number of rotatable bonds is 5. The highest BCUT2D eigenvalue weighted by Gasteiger charge is 2.49. The maximum absolute atomic E-state index is 13.3. The molecule has 3 heterocycles. The van der Waals surface area contributed by atoms with Crippen LogP contribution in [-0.4, -0.2) is 74.9 Å². The Bertz CT molecular complexity index is 1050. The van der Waals surface area contributed by atoms with Crippen LogP contribution < -0.4 is 24.4 Å².